The third kappa shape index (κ3) is 2.61. The lowest BCUT2D eigenvalue weighted by Crippen LogP contribution is -2.00. The number of para-hydroxylation sites is 1. The first-order valence-corrected chi connectivity index (χ1v) is 5.25. The predicted molar refractivity (Wildman–Crippen MR) is 67.2 cm³/mol. The Kier molecular flexibility index (Phi) is 3.22. The Labute approximate surface area is 99.4 Å². The van der Waals surface area contributed by atoms with Crippen LogP contribution in [0.3, 0.4) is 0 Å². The summed E-state index contributed by atoms with van der Waals surface area (Å²) in [6, 6.07) is 16.5. The first-order valence-electron chi connectivity index (χ1n) is 4.87. The molecule has 2 aromatic carbocycles. The Morgan fingerprint density at radius 3 is 2.19 bits per heavy atom. The minimum Gasteiger partial charge on any atom is -0.282 e. The molecule has 2 nitrogen and oxygen atoms in total. The van der Waals surface area contributed by atoms with Gasteiger partial charge in [0.25, 0.3) is 0 Å². The molecule has 2 aromatic rings. The minimum atomic E-state index is 0.239. The zero-order chi connectivity index (χ0) is 11.4. The van der Waals surface area contributed by atoms with E-state index in [9.17, 15) is 0 Å². The van der Waals surface area contributed by atoms with Gasteiger partial charge >= 0.3 is 0 Å². The summed E-state index contributed by atoms with van der Waals surface area (Å²) in [5.74, 6) is 0.239. The van der Waals surface area contributed by atoms with E-state index in [4.69, 9.17) is 17.3 Å². The highest BCUT2D eigenvalue weighted by molar-refractivity contribution is 6.30. The third-order valence-corrected chi connectivity index (χ3v) is 2.37. The predicted octanol–water partition coefficient (Wildman–Crippen LogP) is 3.70. The van der Waals surface area contributed by atoms with Crippen LogP contribution >= 0.6 is 11.6 Å². The molecule has 0 bridgehead atoms. The summed E-state index contributed by atoms with van der Waals surface area (Å²) in [5, 5.41) is 0.663. The van der Waals surface area contributed by atoms with E-state index >= 15 is 0 Å². The molecule has 0 saturated carbocycles. The molecule has 1 N–H and O–H groups in total. The lowest BCUT2D eigenvalue weighted by Gasteiger charge is -1.99. The summed E-state index contributed by atoms with van der Waals surface area (Å²) in [6.45, 7) is 0. The number of halogens is 1. The Balaban J connectivity index is 2.28. The van der Waals surface area contributed by atoms with Crippen molar-refractivity contribution in [2.24, 2.45) is 4.99 Å². The zero-order valence-electron chi connectivity index (χ0n) is 8.52. The van der Waals surface area contributed by atoms with Gasteiger partial charge in [-0.15, -0.1) is 0 Å². The summed E-state index contributed by atoms with van der Waals surface area (Å²) in [4.78, 5) is 4.20. The van der Waals surface area contributed by atoms with Gasteiger partial charge in [0.1, 0.15) is 0 Å². The van der Waals surface area contributed by atoms with Crippen LogP contribution in [0.15, 0.2) is 59.6 Å². The van der Waals surface area contributed by atoms with Crippen LogP contribution in [0, 0.1) is 0 Å². The molecule has 79 valence electrons. The van der Waals surface area contributed by atoms with Gasteiger partial charge in [-0.1, -0.05) is 29.8 Å². The molecular weight excluding hydrogens is 220 g/mol. The number of nitrogens with one attached hydrogen (secondary N) is 1. The van der Waals surface area contributed by atoms with Crippen molar-refractivity contribution >= 4 is 23.1 Å². The topological polar surface area (TPSA) is 36.2 Å². The van der Waals surface area contributed by atoms with Gasteiger partial charge in [-0.25, -0.2) is 4.99 Å². The molecule has 2 rings (SSSR count). The van der Waals surface area contributed by atoms with Crippen LogP contribution in [0.5, 0.6) is 0 Å². The highest BCUT2D eigenvalue weighted by Gasteiger charge is 1.99. The van der Waals surface area contributed by atoms with Crippen molar-refractivity contribution in [3.63, 3.8) is 0 Å². The number of aliphatic imine (C=N–C) groups is 1. The molecule has 0 unspecified atom stereocenters. The van der Waals surface area contributed by atoms with E-state index in [1.165, 1.54) is 0 Å². The smallest absolute Gasteiger partial charge is 0.152 e. The number of hydrogen-bond acceptors (Lipinski definition) is 1. The van der Waals surface area contributed by atoms with Crippen molar-refractivity contribution < 1.29 is 0 Å². The van der Waals surface area contributed by atoms with Gasteiger partial charge in [0, 0.05) is 10.6 Å². The van der Waals surface area contributed by atoms with Gasteiger partial charge in [-0.05, 0) is 36.4 Å². The lowest BCUT2D eigenvalue weighted by atomic mass is 10.2. The van der Waals surface area contributed by atoms with Gasteiger partial charge in [0.2, 0.25) is 0 Å². The van der Waals surface area contributed by atoms with E-state index in [0.717, 1.165) is 11.3 Å². The second kappa shape index (κ2) is 4.81. The molecule has 0 atom stereocenters. The number of rotatable bonds is 2. The molecule has 3 heteroatoms. The van der Waals surface area contributed by atoms with Crippen LogP contribution in [0.2, 0.25) is 5.02 Å². The molecule has 0 fully saturated rings. The van der Waals surface area contributed by atoms with Crippen molar-refractivity contribution in [3.05, 3.63) is 65.2 Å². The lowest BCUT2D eigenvalue weighted by molar-refractivity contribution is 1.43. The minimum absolute atomic E-state index is 0.239. The average molecular weight is 230 g/mol. The average Bonchev–Trinajstić information content (AvgIpc) is 2.31. The van der Waals surface area contributed by atoms with E-state index in [2.05, 4.69) is 4.99 Å². The van der Waals surface area contributed by atoms with Crippen molar-refractivity contribution in [2.45, 2.75) is 0 Å². The first-order chi connectivity index (χ1) is 7.75. The van der Waals surface area contributed by atoms with Gasteiger partial charge in [-0.2, -0.15) is 0 Å². The van der Waals surface area contributed by atoms with Crippen LogP contribution < -0.4 is 5.73 Å². The summed E-state index contributed by atoms with van der Waals surface area (Å²) in [7, 11) is 0. The molecular formula is C13H10ClN2. The summed E-state index contributed by atoms with van der Waals surface area (Å²) in [5.41, 5.74) is 9.37. The van der Waals surface area contributed by atoms with E-state index < -0.39 is 0 Å². The fourth-order valence-corrected chi connectivity index (χ4v) is 1.43. The molecule has 0 aliphatic carbocycles. The maximum Gasteiger partial charge on any atom is 0.152 e. The van der Waals surface area contributed by atoms with Crippen LogP contribution in [0.1, 0.15) is 5.56 Å². The normalized spacial score (nSPS) is 11.4. The molecule has 0 heterocycles. The Bertz CT molecular complexity index is 489. The Morgan fingerprint density at radius 1 is 0.938 bits per heavy atom. The Hall–Kier alpha value is -1.80. The van der Waals surface area contributed by atoms with Gasteiger partial charge < -0.3 is 0 Å². The van der Waals surface area contributed by atoms with Crippen LogP contribution in [-0.4, -0.2) is 5.84 Å². The van der Waals surface area contributed by atoms with Gasteiger partial charge in [0.05, 0.1) is 5.69 Å². The molecule has 0 aromatic heterocycles. The standard InChI is InChI=1S/C13H10ClN2/c14-11-8-6-10(7-9-11)13(15)16-12-4-2-1-3-5-12/h1-9,15H. The van der Waals surface area contributed by atoms with E-state index in [1.54, 1.807) is 24.3 Å². The molecule has 0 saturated heterocycles. The van der Waals surface area contributed by atoms with Gasteiger partial charge in [-0.3, -0.25) is 5.73 Å². The summed E-state index contributed by atoms with van der Waals surface area (Å²) < 4.78 is 0. The fraction of sp³-hybridized carbons (Fsp3) is 0. The maximum atomic E-state index is 7.83. The zero-order valence-corrected chi connectivity index (χ0v) is 9.28. The highest BCUT2D eigenvalue weighted by atomic mass is 35.5. The van der Waals surface area contributed by atoms with E-state index in [0.29, 0.717) is 5.02 Å². The molecule has 0 aliphatic rings. The van der Waals surface area contributed by atoms with Crippen molar-refractivity contribution in [1.82, 2.24) is 5.73 Å². The Morgan fingerprint density at radius 2 is 1.56 bits per heavy atom. The fourth-order valence-electron chi connectivity index (χ4n) is 1.30. The van der Waals surface area contributed by atoms with Gasteiger partial charge in [0.15, 0.2) is 5.84 Å². The number of nitrogens with zero attached hydrogens (tertiary/aromatic N) is 1. The van der Waals surface area contributed by atoms with E-state index in [-0.39, 0.29) is 5.84 Å². The largest absolute Gasteiger partial charge is 0.282 e. The molecule has 0 aliphatic heterocycles. The first kappa shape index (κ1) is 10.7. The monoisotopic (exact) mass is 229 g/mol. The molecule has 1 radical (unpaired) electrons. The second-order valence-electron chi connectivity index (χ2n) is 3.30. The quantitative estimate of drug-likeness (QED) is 0.556. The van der Waals surface area contributed by atoms with Crippen molar-refractivity contribution in [3.8, 4) is 0 Å². The number of hydrogen-bond donors (Lipinski definition) is 0. The maximum absolute atomic E-state index is 7.83. The molecule has 0 amide bonds. The van der Waals surface area contributed by atoms with E-state index in [1.807, 2.05) is 30.3 Å². The number of benzene rings is 2. The van der Waals surface area contributed by atoms with Crippen LogP contribution in [0.4, 0.5) is 5.69 Å². The van der Waals surface area contributed by atoms with Crippen LogP contribution in [-0.2, 0) is 0 Å². The number of amidine groups is 1. The second-order valence-corrected chi connectivity index (χ2v) is 3.74. The van der Waals surface area contributed by atoms with Crippen molar-refractivity contribution in [2.75, 3.05) is 0 Å². The summed E-state index contributed by atoms with van der Waals surface area (Å²) in [6.07, 6.45) is 0. The van der Waals surface area contributed by atoms with Crippen molar-refractivity contribution in [1.29, 1.82) is 0 Å². The molecule has 0 spiro atoms. The highest BCUT2D eigenvalue weighted by Crippen LogP contribution is 2.14. The van der Waals surface area contributed by atoms with Crippen LogP contribution in [0.25, 0.3) is 0 Å². The summed E-state index contributed by atoms with van der Waals surface area (Å²) >= 11 is 5.78. The molecule has 16 heavy (non-hydrogen) atoms. The third-order valence-electron chi connectivity index (χ3n) is 2.11. The SMILES string of the molecule is [NH]C(=Nc1ccccc1)c1ccc(Cl)cc1.